The summed E-state index contributed by atoms with van der Waals surface area (Å²) in [5.41, 5.74) is 8.60. The smallest absolute Gasteiger partial charge is 0.411 e. The monoisotopic (exact) mass is 316 g/mol. The van der Waals surface area contributed by atoms with Crippen LogP contribution >= 0.6 is 0 Å². The minimum atomic E-state index is -0.500. The number of carbonyl (C=O) groups excluding carboxylic acids is 1. The number of rotatable bonds is 1. The summed E-state index contributed by atoms with van der Waals surface area (Å²) < 4.78 is 11.2. The van der Waals surface area contributed by atoms with Gasteiger partial charge in [-0.05, 0) is 38.8 Å². The highest BCUT2D eigenvalue weighted by Gasteiger charge is 2.40. The zero-order chi connectivity index (χ0) is 16.6. The van der Waals surface area contributed by atoms with Gasteiger partial charge in [0, 0.05) is 11.3 Å². The Morgan fingerprint density at radius 2 is 2.04 bits per heavy atom. The molecule has 2 aliphatic rings. The van der Waals surface area contributed by atoms with Gasteiger partial charge in [0.15, 0.2) is 0 Å². The predicted octanol–water partition coefficient (Wildman–Crippen LogP) is 3.06. The molecule has 2 unspecified atom stereocenters. The summed E-state index contributed by atoms with van der Waals surface area (Å²) in [6.45, 7) is 6.67. The van der Waals surface area contributed by atoms with Gasteiger partial charge in [-0.15, -0.1) is 0 Å². The van der Waals surface area contributed by atoms with E-state index < -0.39 is 5.60 Å². The van der Waals surface area contributed by atoms with E-state index in [0.717, 1.165) is 17.7 Å². The molecule has 1 fully saturated rings. The lowest BCUT2D eigenvalue weighted by Crippen LogP contribution is -2.57. The van der Waals surface area contributed by atoms with Crippen LogP contribution in [0, 0.1) is 0 Å². The third-order valence-corrected chi connectivity index (χ3v) is 4.11. The lowest BCUT2D eigenvalue weighted by molar-refractivity contribution is -0.0510. The molecule has 0 spiro atoms. The summed E-state index contributed by atoms with van der Waals surface area (Å²) in [5.74, 6) is 0. The molecular formula is C18H24N2O3. The molecule has 23 heavy (non-hydrogen) atoms. The van der Waals surface area contributed by atoms with Crippen LogP contribution in [0.4, 0.5) is 10.5 Å². The molecule has 0 aromatic heterocycles. The van der Waals surface area contributed by atoms with Gasteiger partial charge in [0.25, 0.3) is 0 Å². The van der Waals surface area contributed by atoms with Gasteiger partial charge in [0.1, 0.15) is 5.60 Å². The summed E-state index contributed by atoms with van der Waals surface area (Å²) in [6, 6.07) is 7.73. The number of carbonyl (C=O) groups is 1. The SMILES string of the molecule is CC(C)(C)OC(=O)N1C2C=C(c3ccccc3N)CC1COC2. The molecule has 0 aliphatic carbocycles. The van der Waals surface area contributed by atoms with Gasteiger partial charge in [0.2, 0.25) is 0 Å². The fourth-order valence-electron chi connectivity index (χ4n) is 3.18. The number of nitrogens with zero attached hydrogens (tertiary/aromatic N) is 1. The summed E-state index contributed by atoms with van der Waals surface area (Å²) >= 11 is 0. The van der Waals surface area contributed by atoms with Crippen LogP contribution in [0.2, 0.25) is 0 Å². The number of benzene rings is 1. The first-order valence-corrected chi connectivity index (χ1v) is 8.00. The highest BCUT2D eigenvalue weighted by Crippen LogP contribution is 2.35. The third-order valence-electron chi connectivity index (χ3n) is 4.11. The number of para-hydroxylation sites is 1. The van der Waals surface area contributed by atoms with Gasteiger partial charge < -0.3 is 15.2 Å². The fourth-order valence-corrected chi connectivity index (χ4v) is 3.18. The molecule has 0 radical (unpaired) electrons. The minimum absolute atomic E-state index is 0.0109. The minimum Gasteiger partial charge on any atom is -0.444 e. The molecule has 2 bridgehead atoms. The van der Waals surface area contributed by atoms with Crippen molar-refractivity contribution in [2.45, 2.75) is 44.9 Å². The molecule has 2 N–H and O–H groups in total. The number of morpholine rings is 1. The van der Waals surface area contributed by atoms with E-state index in [4.69, 9.17) is 15.2 Å². The average Bonchev–Trinajstić information content (AvgIpc) is 2.44. The molecule has 0 saturated carbocycles. The second kappa shape index (κ2) is 5.89. The normalized spacial score (nSPS) is 24.1. The van der Waals surface area contributed by atoms with E-state index in [1.165, 1.54) is 5.57 Å². The lowest BCUT2D eigenvalue weighted by atomic mass is 9.89. The molecule has 1 amide bonds. The van der Waals surface area contributed by atoms with Crippen LogP contribution in [-0.4, -0.2) is 41.9 Å². The Hall–Kier alpha value is -2.01. The lowest BCUT2D eigenvalue weighted by Gasteiger charge is -2.44. The molecule has 2 heterocycles. The molecule has 1 aromatic rings. The van der Waals surface area contributed by atoms with Crippen molar-refractivity contribution in [3.8, 4) is 0 Å². The summed E-state index contributed by atoms with van der Waals surface area (Å²) in [7, 11) is 0. The van der Waals surface area contributed by atoms with Crippen LogP contribution in [0.3, 0.4) is 0 Å². The van der Waals surface area contributed by atoms with Crippen LogP contribution < -0.4 is 5.73 Å². The van der Waals surface area contributed by atoms with E-state index in [0.29, 0.717) is 13.2 Å². The zero-order valence-electron chi connectivity index (χ0n) is 13.9. The van der Waals surface area contributed by atoms with Gasteiger partial charge in [-0.3, -0.25) is 4.90 Å². The second-order valence-corrected chi connectivity index (χ2v) is 7.13. The predicted molar refractivity (Wildman–Crippen MR) is 89.9 cm³/mol. The van der Waals surface area contributed by atoms with E-state index >= 15 is 0 Å². The number of hydrogen-bond acceptors (Lipinski definition) is 4. The van der Waals surface area contributed by atoms with Gasteiger partial charge in [0.05, 0.1) is 25.3 Å². The summed E-state index contributed by atoms with van der Waals surface area (Å²) in [6.07, 6.45) is 2.54. The summed E-state index contributed by atoms with van der Waals surface area (Å²) in [4.78, 5) is 14.3. The number of hydrogen-bond donors (Lipinski definition) is 1. The van der Waals surface area contributed by atoms with Crippen molar-refractivity contribution in [1.29, 1.82) is 0 Å². The van der Waals surface area contributed by atoms with Gasteiger partial charge in [-0.25, -0.2) is 4.79 Å². The quantitative estimate of drug-likeness (QED) is 0.809. The molecule has 5 nitrogen and oxygen atoms in total. The molecule has 5 heteroatoms. The Bertz CT molecular complexity index is 633. The maximum atomic E-state index is 12.5. The fraction of sp³-hybridized carbons (Fsp3) is 0.500. The number of nitrogen functional groups attached to an aromatic ring is 1. The zero-order valence-corrected chi connectivity index (χ0v) is 13.9. The second-order valence-electron chi connectivity index (χ2n) is 7.13. The van der Waals surface area contributed by atoms with Crippen molar-refractivity contribution in [2.75, 3.05) is 18.9 Å². The van der Waals surface area contributed by atoms with E-state index in [-0.39, 0.29) is 18.2 Å². The molecule has 2 aliphatic heterocycles. The maximum absolute atomic E-state index is 12.5. The molecule has 3 rings (SSSR count). The largest absolute Gasteiger partial charge is 0.444 e. The Morgan fingerprint density at radius 3 is 2.70 bits per heavy atom. The highest BCUT2D eigenvalue weighted by molar-refractivity contribution is 5.79. The number of nitrogens with two attached hydrogens (primary N) is 1. The van der Waals surface area contributed by atoms with Crippen molar-refractivity contribution >= 4 is 17.4 Å². The standard InChI is InChI=1S/C18H24N2O3/c1-18(2,3)23-17(21)20-13-8-12(9-14(20)11-22-10-13)15-6-4-5-7-16(15)19/h4-8,13-14H,9-11,19H2,1-3H3. The number of ether oxygens (including phenoxy) is 2. The Morgan fingerprint density at radius 1 is 1.30 bits per heavy atom. The van der Waals surface area contributed by atoms with Crippen LogP contribution in [0.25, 0.3) is 5.57 Å². The van der Waals surface area contributed by atoms with Crippen LogP contribution in [0.15, 0.2) is 30.3 Å². The van der Waals surface area contributed by atoms with Crippen LogP contribution in [0.5, 0.6) is 0 Å². The van der Waals surface area contributed by atoms with E-state index in [2.05, 4.69) is 6.08 Å². The Balaban J connectivity index is 1.88. The third kappa shape index (κ3) is 3.34. The first-order chi connectivity index (χ1) is 10.8. The first-order valence-electron chi connectivity index (χ1n) is 8.00. The van der Waals surface area contributed by atoms with E-state index in [1.54, 1.807) is 0 Å². The van der Waals surface area contributed by atoms with Crippen molar-refractivity contribution in [3.63, 3.8) is 0 Å². The molecule has 1 aromatic carbocycles. The maximum Gasteiger partial charge on any atom is 0.411 e. The topological polar surface area (TPSA) is 64.8 Å². The molecule has 1 saturated heterocycles. The number of amides is 1. The van der Waals surface area contributed by atoms with Gasteiger partial charge in [-0.2, -0.15) is 0 Å². The van der Waals surface area contributed by atoms with Gasteiger partial charge in [-0.1, -0.05) is 24.3 Å². The molecular weight excluding hydrogens is 292 g/mol. The van der Waals surface area contributed by atoms with Crippen LogP contribution in [-0.2, 0) is 9.47 Å². The van der Waals surface area contributed by atoms with Crippen LogP contribution in [0.1, 0.15) is 32.8 Å². The van der Waals surface area contributed by atoms with Crippen molar-refractivity contribution in [1.82, 2.24) is 4.90 Å². The summed E-state index contributed by atoms with van der Waals surface area (Å²) in [5, 5.41) is 0. The van der Waals surface area contributed by atoms with E-state index in [1.807, 2.05) is 49.9 Å². The van der Waals surface area contributed by atoms with Crippen molar-refractivity contribution in [2.24, 2.45) is 0 Å². The first kappa shape index (κ1) is 15.9. The molecule has 124 valence electrons. The van der Waals surface area contributed by atoms with E-state index in [9.17, 15) is 4.79 Å². The Labute approximate surface area is 137 Å². The van der Waals surface area contributed by atoms with Crippen molar-refractivity contribution in [3.05, 3.63) is 35.9 Å². The highest BCUT2D eigenvalue weighted by atomic mass is 16.6. The average molecular weight is 316 g/mol. The number of fused-ring (bicyclic) bond motifs is 2. The molecule has 2 atom stereocenters. The number of anilines is 1. The Kier molecular flexibility index (Phi) is 4.06. The van der Waals surface area contributed by atoms with Gasteiger partial charge >= 0.3 is 6.09 Å². The van der Waals surface area contributed by atoms with Crippen molar-refractivity contribution < 1.29 is 14.3 Å².